The molecule has 2 aliphatic heterocycles. The standard InChI is InChI=1S/C17H27N3OS/c1-17(2,3)14-10-22-16(20-14)9-18-15(21)8-11-6-12-4-5-13(7-11)19-12/h10-13,19H,4-9H2,1-3H3,(H,18,21). The van der Waals surface area contributed by atoms with E-state index in [0.717, 1.165) is 23.5 Å². The number of carbonyl (C=O) groups excluding carboxylic acids is 1. The Balaban J connectivity index is 1.45. The van der Waals surface area contributed by atoms with E-state index in [1.165, 1.54) is 12.8 Å². The van der Waals surface area contributed by atoms with Crippen LogP contribution in [0.2, 0.25) is 0 Å². The van der Waals surface area contributed by atoms with Crippen LogP contribution < -0.4 is 10.6 Å². The van der Waals surface area contributed by atoms with E-state index in [2.05, 4.69) is 41.8 Å². The molecule has 3 rings (SSSR count). The third-order valence-corrected chi connectivity index (χ3v) is 5.65. The van der Waals surface area contributed by atoms with Gasteiger partial charge in [-0.1, -0.05) is 20.8 Å². The highest BCUT2D eigenvalue weighted by atomic mass is 32.1. The van der Waals surface area contributed by atoms with Crippen LogP contribution >= 0.6 is 11.3 Å². The lowest BCUT2D eigenvalue weighted by atomic mass is 9.89. The number of rotatable bonds is 4. The number of hydrogen-bond donors (Lipinski definition) is 2. The summed E-state index contributed by atoms with van der Waals surface area (Å²) < 4.78 is 0. The molecule has 4 nitrogen and oxygen atoms in total. The second kappa shape index (κ2) is 6.28. The topological polar surface area (TPSA) is 54.0 Å². The molecule has 2 bridgehead atoms. The van der Waals surface area contributed by atoms with Crippen molar-refractivity contribution in [3.8, 4) is 0 Å². The van der Waals surface area contributed by atoms with Crippen molar-refractivity contribution in [2.75, 3.05) is 0 Å². The van der Waals surface area contributed by atoms with Gasteiger partial charge in [-0.05, 0) is 31.6 Å². The maximum Gasteiger partial charge on any atom is 0.220 e. The van der Waals surface area contributed by atoms with Crippen LogP contribution in [0.3, 0.4) is 0 Å². The maximum atomic E-state index is 12.2. The van der Waals surface area contributed by atoms with Gasteiger partial charge >= 0.3 is 0 Å². The van der Waals surface area contributed by atoms with Gasteiger partial charge in [-0.25, -0.2) is 4.98 Å². The molecule has 2 fully saturated rings. The Labute approximate surface area is 137 Å². The number of piperidine rings is 1. The van der Waals surface area contributed by atoms with Crippen LogP contribution in [0, 0.1) is 5.92 Å². The quantitative estimate of drug-likeness (QED) is 0.896. The minimum atomic E-state index is 0.0765. The Morgan fingerprint density at radius 3 is 2.64 bits per heavy atom. The normalized spacial score (nSPS) is 27.9. The maximum absolute atomic E-state index is 12.2. The van der Waals surface area contributed by atoms with Crippen molar-refractivity contribution in [3.05, 3.63) is 16.1 Å². The lowest BCUT2D eigenvalue weighted by Gasteiger charge is -2.28. The Hall–Kier alpha value is -0.940. The van der Waals surface area contributed by atoms with E-state index in [1.807, 2.05) is 0 Å². The van der Waals surface area contributed by atoms with Crippen LogP contribution in [0.25, 0.3) is 0 Å². The number of fused-ring (bicyclic) bond motifs is 2. The molecule has 0 spiro atoms. The van der Waals surface area contributed by atoms with Crippen molar-refractivity contribution >= 4 is 17.2 Å². The zero-order chi connectivity index (χ0) is 15.7. The summed E-state index contributed by atoms with van der Waals surface area (Å²) in [6, 6.07) is 1.31. The van der Waals surface area contributed by atoms with Gasteiger partial charge < -0.3 is 10.6 Å². The van der Waals surface area contributed by atoms with Crippen LogP contribution in [0.15, 0.2) is 5.38 Å². The molecule has 5 heteroatoms. The van der Waals surface area contributed by atoms with Crippen LogP contribution in [-0.4, -0.2) is 23.0 Å². The molecule has 2 atom stereocenters. The SMILES string of the molecule is CC(C)(C)c1csc(CNC(=O)CC2CC3CCC(C2)N3)n1. The summed E-state index contributed by atoms with van der Waals surface area (Å²) in [6.45, 7) is 7.05. The van der Waals surface area contributed by atoms with Gasteiger partial charge in [0.25, 0.3) is 0 Å². The molecular formula is C17H27N3OS. The van der Waals surface area contributed by atoms with Gasteiger partial charge in [0.1, 0.15) is 5.01 Å². The monoisotopic (exact) mass is 321 g/mol. The van der Waals surface area contributed by atoms with Crippen LogP contribution in [0.4, 0.5) is 0 Å². The first-order valence-corrected chi connectivity index (χ1v) is 9.26. The van der Waals surface area contributed by atoms with E-state index >= 15 is 0 Å². The van der Waals surface area contributed by atoms with Crippen LogP contribution in [-0.2, 0) is 16.8 Å². The van der Waals surface area contributed by atoms with Gasteiger partial charge in [0.15, 0.2) is 0 Å². The molecule has 0 radical (unpaired) electrons. The Kier molecular flexibility index (Phi) is 4.55. The molecule has 2 saturated heterocycles. The third-order valence-electron chi connectivity index (χ3n) is 4.80. The van der Waals surface area contributed by atoms with Crippen molar-refractivity contribution in [1.29, 1.82) is 0 Å². The number of nitrogens with one attached hydrogen (secondary N) is 2. The van der Waals surface area contributed by atoms with Crippen molar-refractivity contribution in [2.24, 2.45) is 5.92 Å². The van der Waals surface area contributed by atoms with Crippen molar-refractivity contribution < 1.29 is 4.79 Å². The van der Waals surface area contributed by atoms with E-state index in [4.69, 9.17) is 0 Å². The summed E-state index contributed by atoms with van der Waals surface area (Å²) in [4.78, 5) is 16.8. The number of aromatic nitrogens is 1. The van der Waals surface area contributed by atoms with Gasteiger partial charge in [-0.2, -0.15) is 0 Å². The molecule has 1 amide bonds. The molecule has 1 aromatic heterocycles. The average molecular weight is 321 g/mol. The lowest BCUT2D eigenvalue weighted by molar-refractivity contribution is -0.122. The highest BCUT2D eigenvalue weighted by molar-refractivity contribution is 7.09. The largest absolute Gasteiger partial charge is 0.350 e. The molecule has 0 saturated carbocycles. The fraction of sp³-hybridized carbons (Fsp3) is 0.765. The summed E-state index contributed by atoms with van der Waals surface area (Å²) in [6.07, 6.45) is 5.58. The van der Waals surface area contributed by atoms with E-state index in [-0.39, 0.29) is 11.3 Å². The summed E-state index contributed by atoms with van der Waals surface area (Å²) in [5, 5.41) is 9.78. The van der Waals surface area contributed by atoms with Crippen LogP contribution in [0.5, 0.6) is 0 Å². The van der Waals surface area contributed by atoms with E-state index in [0.29, 0.717) is 31.0 Å². The fourth-order valence-corrected chi connectivity index (χ4v) is 4.55. The number of thiazole rings is 1. The predicted octanol–water partition coefficient (Wildman–Crippen LogP) is 2.98. The molecule has 0 aliphatic carbocycles. The van der Waals surface area contributed by atoms with E-state index < -0.39 is 0 Å². The summed E-state index contributed by atoms with van der Waals surface area (Å²) >= 11 is 1.64. The zero-order valence-electron chi connectivity index (χ0n) is 13.8. The fourth-order valence-electron chi connectivity index (χ4n) is 3.59. The summed E-state index contributed by atoms with van der Waals surface area (Å²) in [5.41, 5.74) is 1.18. The minimum absolute atomic E-state index is 0.0765. The molecule has 1 aromatic rings. The van der Waals surface area contributed by atoms with E-state index in [1.54, 1.807) is 11.3 Å². The number of nitrogens with zero attached hydrogens (tertiary/aromatic N) is 1. The first-order chi connectivity index (χ1) is 10.4. The highest BCUT2D eigenvalue weighted by Crippen LogP contribution is 2.32. The van der Waals surface area contributed by atoms with E-state index in [9.17, 15) is 4.79 Å². The molecule has 2 N–H and O–H groups in total. The molecule has 22 heavy (non-hydrogen) atoms. The van der Waals surface area contributed by atoms with Crippen molar-refractivity contribution in [2.45, 2.75) is 76.9 Å². The summed E-state index contributed by atoms with van der Waals surface area (Å²) in [7, 11) is 0. The van der Waals surface area contributed by atoms with Gasteiger partial charge in [-0.3, -0.25) is 4.79 Å². The molecule has 0 aromatic carbocycles. The Morgan fingerprint density at radius 1 is 1.36 bits per heavy atom. The Morgan fingerprint density at radius 2 is 2.05 bits per heavy atom. The summed E-state index contributed by atoms with van der Waals surface area (Å²) in [5.74, 6) is 0.735. The molecular weight excluding hydrogens is 294 g/mol. The molecule has 3 heterocycles. The van der Waals surface area contributed by atoms with Crippen molar-refractivity contribution in [1.82, 2.24) is 15.6 Å². The average Bonchev–Trinajstić information content (AvgIpc) is 3.03. The highest BCUT2D eigenvalue weighted by Gasteiger charge is 2.34. The zero-order valence-corrected chi connectivity index (χ0v) is 14.6. The Bertz CT molecular complexity index is 522. The van der Waals surface area contributed by atoms with Crippen LogP contribution in [0.1, 0.15) is 63.6 Å². The number of amides is 1. The van der Waals surface area contributed by atoms with Gasteiger partial charge in [-0.15, -0.1) is 11.3 Å². The first-order valence-electron chi connectivity index (χ1n) is 8.38. The molecule has 2 aliphatic rings. The molecule has 2 unspecified atom stereocenters. The second-order valence-electron chi connectivity index (χ2n) is 7.83. The van der Waals surface area contributed by atoms with Crippen molar-refractivity contribution in [3.63, 3.8) is 0 Å². The second-order valence-corrected chi connectivity index (χ2v) is 8.78. The van der Waals surface area contributed by atoms with Gasteiger partial charge in [0.2, 0.25) is 5.91 Å². The smallest absolute Gasteiger partial charge is 0.220 e. The lowest BCUT2D eigenvalue weighted by Crippen LogP contribution is -2.39. The first kappa shape index (κ1) is 15.9. The van der Waals surface area contributed by atoms with Gasteiger partial charge in [0.05, 0.1) is 12.2 Å². The van der Waals surface area contributed by atoms with Gasteiger partial charge in [0, 0.05) is 29.3 Å². The number of carbonyl (C=O) groups is 1. The predicted molar refractivity (Wildman–Crippen MR) is 89.9 cm³/mol. The number of hydrogen-bond acceptors (Lipinski definition) is 4. The minimum Gasteiger partial charge on any atom is -0.350 e. The molecule has 122 valence electrons. The third kappa shape index (κ3) is 3.87.